The number of hydrogen-bond acceptors (Lipinski definition) is 5. The van der Waals surface area contributed by atoms with Gasteiger partial charge >= 0.3 is 0 Å². The molecule has 2 rings (SSSR count). The molecule has 0 amide bonds. The molecule has 0 radical (unpaired) electrons. The van der Waals surface area contributed by atoms with Gasteiger partial charge in [-0.25, -0.2) is 13.1 Å². The van der Waals surface area contributed by atoms with Crippen LogP contribution in [0.3, 0.4) is 0 Å². The van der Waals surface area contributed by atoms with Gasteiger partial charge in [-0.05, 0) is 12.5 Å². The van der Waals surface area contributed by atoms with E-state index in [2.05, 4.69) is 9.82 Å². The fourth-order valence-electron chi connectivity index (χ4n) is 2.11. The molecule has 2 aromatic rings. The molecular weight excluding hydrogens is 318 g/mol. The summed E-state index contributed by atoms with van der Waals surface area (Å²) in [5, 5.41) is 12.9. The summed E-state index contributed by atoms with van der Waals surface area (Å²) in [6.07, 6.45) is 1.53. The number of nitrogens with zero attached hydrogens (tertiary/aromatic N) is 2. The third-order valence-corrected chi connectivity index (χ3v) is 4.72. The van der Waals surface area contributed by atoms with Gasteiger partial charge in [0.25, 0.3) is 0 Å². The van der Waals surface area contributed by atoms with Crippen molar-refractivity contribution in [3.8, 4) is 0 Å². The van der Waals surface area contributed by atoms with Crippen LogP contribution in [0.1, 0.15) is 11.3 Å². The second-order valence-corrected chi connectivity index (χ2v) is 6.73. The summed E-state index contributed by atoms with van der Waals surface area (Å²) in [6.45, 7) is 2.63. The first kappa shape index (κ1) is 17.6. The van der Waals surface area contributed by atoms with Gasteiger partial charge in [0.1, 0.15) is 4.90 Å². The summed E-state index contributed by atoms with van der Waals surface area (Å²) in [5.41, 5.74) is 1.49. The van der Waals surface area contributed by atoms with Gasteiger partial charge in [-0.3, -0.25) is 4.68 Å². The second kappa shape index (κ2) is 8.21. The smallest absolute Gasteiger partial charge is 0.244 e. The normalized spacial score (nSPS) is 11.7. The maximum absolute atomic E-state index is 12.3. The summed E-state index contributed by atoms with van der Waals surface area (Å²) in [7, 11) is -3.63. The lowest BCUT2D eigenvalue weighted by Gasteiger charge is -2.05. The molecule has 0 spiro atoms. The van der Waals surface area contributed by atoms with Gasteiger partial charge in [0.2, 0.25) is 10.0 Å². The predicted molar refractivity (Wildman–Crippen MR) is 85.6 cm³/mol. The molecule has 0 atom stereocenters. The Kier molecular flexibility index (Phi) is 6.28. The number of aryl methyl sites for hydroxylation is 1. The Labute approximate surface area is 136 Å². The third kappa shape index (κ3) is 5.14. The van der Waals surface area contributed by atoms with E-state index in [1.807, 2.05) is 30.3 Å². The lowest BCUT2D eigenvalue weighted by molar-refractivity contribution is 0.0961. The molecule has 0 bridgehead atoms. The number of aliphatic hydroxyl groups excluding tert-OH is 1. The van der Waals surface area contributed by atoms with Crippen LogP contribution in [0, 0.1) is 6.92 Å². The Hall–Kier alpha value is -1.74. The molecule has 0 aliphatic carbocycles. The molecule has 23 heavy (non-hydrogen) atoms. The van der Waals surface area contributed by atoms with Crippen molar-refractivity contribution in [2.24, 2.45) is 0 Å². The van der Waals surface area contributed by atoms with Gasteiger partial charge in [-0.1, -0.05) is 30.3 Å². The predicted octanol–water partition coefficient (Wildman–Crippen LogP) is 0.527. The molecule has 1 aromatic heterocycles. The fraction of sp³-hybridized carbons (Fsp3) is 0.400. The second-order valence-electron chi connectivity index (χ2n) is 5.00. The maximum Gasteiger partial charge on any atom is 0.244 e. The Morgan fingerprint density at radius 2 is 2.00 bits per heavy atom. The first-order valence-electron chi connectivity index (χ1n) is 7.29. The number of nitrogens with one attached hydrogen (secondary N) is 1. The van der Waals surface area contributed by atoms with Crippen molar-refractivity contribution in [2.45, 2.75) is 18.4 Å². The standard InChI is InChI=1S/C15H21N3O4S/c1-13-15(23(20,21)16-7-9-22-10-8-19)12-18(17-13)11-14-5-3-2-4-6-14/h2-6,12,16,19H,7-11H2,1H3. The Balaban J connectivity index is 2.01. The summed E-state index contributed by atoms with van der Waals surface area (Å²) >= 11 is 0. The highest BCUT2D eigenvalue weighted by Gasteiger charge is 2.19. The lowest BCUT2D eigenvalue weighted by atomic mass is 10.2. The number of hydrogen-bond donors (Lipinski definition) is 2. The number of aliphatic hydroxyl groups is 1. The van der Waals surface area contributed by atoms with Crippen molar-refractivity contribution >= 4 is 10.0 Å². The molecule has 1 aromatic carbocycles. The molecule has 1 heterocycles. The minimum absolute atomic E-state index is 0.0852. The Morgan fingerprint density at radius 1 is 1.26 bits per heavy atom. The van der Waals surface area contributed by atoms with E-state index in [0.717, 1.165) is 5.56 Å². The Morgan fingerprint density at radius 3 is 2.70 bits per heavy atom. The van der Waals surface area contributed by atoms with Crippen LogP contribution in [0.25, 0.3) is 0 Å². The van der Waals surface area contributed by atoms with Crippen LogP contribution in [-0.2, 0) is 21.3 Å². The zero-order valence-corrected chi connectivity index (χ0v) is 13.8. The van der Waals surface area contributed by atoms with Gasteiger partial charge in [0, 0.05) is 12.7 Å². The largest absolute Gasteiger partial charge is 0.394 e. The molecule has 0 aliphatic rings. The van der Waals surface area contributed by atoms with Crippen LogP contribution >= 0.6 is 0 Å². The van der Waals surface area contributed by atoms with Crippen LogP contribution in [0.2, 0.25) is 0 Å². The zero-order valence-electron chi connectivity index (χ0n) is 13.0. The third-order valence-electron chi connectivity index (χ3n) is 3.15. The molecule has 7 nitrogen and oxygen atoms in total. The zero-order chi connectivity index (χ0) is 16.7. The summed E-state index contributed by atoms with van der Waals surface area (Å²) in [6, 6.07) is 9.70. The molecule has 0 unspecified atom stereocenters. The van der Waals surface area contributed by atoms with Gasteiger partial charge < -0.3 is 9.84 Å². The molecule has 0 saturated heterocycles. The van der Waals surface area contributed by atoms with E-state index in [4.69, 9.17) is 9.84 Å². The molecule has 0 saturated carbocycles. The molecular formula is C15H21N3O4S. The quantitative estimate of drug-likeness (QED) is 0.650. The van der Waals surface area contributed by atoms with E-state index >= 15 is 0 Å². The molecule has 0 fully saturated rings. The molecule has 0 aliphatic heterocycles. The van der Waals surface area contributed by atoms with Crippen molar-refractivity contribution < 1.29 is 18.3 Å². The van der Waals surface area contributed by atoms with E-state index in [1.54, 1.807) is 11.6 Å². The highest BCUT2D eigenvalue weighted by atomic mass is 32.2. The van der Waals surface area contributed by atoms with Gasteiger partial charge in [-0.2, -0.15) is 5.10 Å². The average molecular weight is 339 g/mol. The summed E-state index contributed by atoms with van der Waals surface area (Å²) < 4.78 is 33.7. The number of aromatic nitrogens is 2. The van der Waals surface area contributed by atoms with E-state index in [0.29, 0.717) is 12.2 Å². The van der Waals surface area contributed by atoms with Crippen LogP contribution in [0.5, 0.6) is 0 Å². The number of sulfonamides is 1. The van der Waals surface area contributed by atoms with Crippen LogP contribution < -0.4 is 4.72 Å². The van der Waals surface area contributed by atoms with Gasteiger partial charge in [-0.15, -0.1) is 0 Å². The monoisotopic (exact) mass is 339 g/mol. The summed E-state index contributed by atoms with van der Waals surface area (Å²) in [4.78, 5) is 0.163. The van der Waals surface area contributed by atoms with E-state index in [-0.39, 0.29) is 31.3 Å². The fourth-order valence-corrected chi connectivity index (χ4v) is 3.31. The minimum atomic E-state index is -3.63. The van der Waals surface area contributed by atoms with E-state index in [9.17, 15) is 8.42 Å². The topological polar surface area (TPSA) is 93.5 Å². The Bertz CT molecular complexity index is 714. The van der Waals surface area contributed by atoms with Crippen LogP contribution in [-0.4, -0.2) is 49.7 Å². The van der Waals surface area contributed by atoms with Crippen molar-refractivity contribution in [1.29, 1.82) is 0 Å². The van der Waals surface area contributed by atoms with Crippen LogP contribution in [0.15, 0.2) is 41.4 Å². The molecule has 8 heteroatoms. The molecule has 126 valence electrons. The maximum atomic E-state index is 12.3. The lowest BCUT2D eigenvalue weighted by Crippen LogP contribution is -2.28. The van der Waals surface area contributed by atoms with E-state index in [1.165, 1.54) is 6.20 Å². The van der Waals surface area contributed by atoms with Gasteiger partial charge in [0.15, 0.2) is 0 Å². The number of ether oxygens (including phenoxy) is 1. The molecule has 2 N–H and O–H groups in total. The van der Waals surface area contributed by atoms with Crippen LogP contribution in [0.4, 0.5) is 0 Å². The van der Waals surface area contributed by atoms with Crippen molar-refractivity contribution in [2.75, 3.05) is 26.4 Å². The van der Waals surface area contributed by atoms with E-state index < -0.39 is 10.0 Å². The SMILES string of the molecule is Cc1nn(Cc2ccccc2)cc1S(=O)(=O)NCCOCCO. The first-order valence-corrected chi connectivity index (χ1v) is 8.77. The minimum Gasteiger partial charge on any atom is -0.394 e. The highest BCUT2D eigenvalue weighted by Crippen LogP contribution is 2.14. The van der Waals surface area contributed by atoms with Crippen molar-refractivity contribution in [1.82, 2.24) is 14.5 Å². The number of rotatable bonds is 9. The average Bonchev–Trinajstić information content (AvgIpc) is 2.89. The summed E-state index contributed by atoms with van der Waals surface area (Å²) in [5.74, 6) is 0. The first-order chi connectivity index (χ1) is 11.0. The van der Waals surface area contributed by atoms with Crippen molar-refractivity contribution in [3.05, 3.63) is 47.8 Å². The number of benzene rings is 1. The van der Waals surface area contributed by atoms with Gasteiger partial charge in [0.05, 0.1) is 32.1 Å². The highest BCUT2D eigenvalue weighted by molar-refractivity contribution is 7.89. The van der Waals surface area contributed by atoms with Crippen molar-refractivity contribution in [3.63, 3.8) is 0 Å².